The molecule has 1 saturated heterocycles. The number of carbonyl (C=O) groups excluding carboxylic acids is 1. The Bertz CT molecular complexity index is 429. The highest BCUT2D eigenvalue weighted by Crippen LogP contribution is 2.09. The fraction of sp³-hybridized carbons (Fsp3) is 0.273. The van der Waals surface area contributed by atoms with Crippen molar-refractivity contribution in [2.75, 3.05) is 6.54 Å². The average molecular weight is 232 g/mol. The molecule has 0 saturated carbocycles. The number of nitriles is 1. The van der Waals surface area contributed by atoms with Gasteiger partial charge in [0.2, 0.25) is 0 Å². The van der Waals surface area contributed by atoms with E-state index in [1.807, 2.05) is 6.07 Å². The van der Waals surface area contributed by atoms with Gasteiger partial charge in [-0.1, -0.05) is 18.2 Å². The molecule has 1 aromatic rings. The Hall–Kier alpha value is -2.10. The molecule has 88 valence electrons. The molecule has 0 bridgehead atoms. The topological polar surface area (TPSA) is 86.2 Å². The molecular formula is C11H12N4O2. The highest BCUT2D eigenvalue weighted by Gasteiger charge is 2.28. The van der Waals surface area contributed by atoms with Crippen LogP contribution in [0, 0.1) is 17.2 Å². The maximum absolute atomic E-state index is 11.5. The van der Waals surface area contributed by atoms with Gasteiger partial charge in [-0.2, -0.15) is 5.26 Å². The van der Waals surface area contributed by atoms with Gasteiger partial charge in [0.1, 0.15) is 11.9 Å². The van der Waals surface area contributed by atoms with Gasteiger partial charge in [-0.25, -0.2) is 10.2 Å². The summed E-state index contributed by atoms with van der Waals surface area (Å²) < 4.78 is 5.04. The van der Waals surface area contributed by atoms with Gasteiger partial charge in [-0.05, 0) is 12.1 Å². The zero-order chi connectivity index (χ0) is 12.1. The fourth-order valence-corrected chi connectivity index (χ4v) is 1.51. The lowest BCUT2D eigenvalue weighted by Gasteiger charge is -2.14. The fourth-order valence-electron chi connectivity index (χ4n) is 1.51. The van der Waals surface area contributed by atoms with Crippen LogP contribution in [-0.4, -0.2) is 18.8 Å². The van der Waals surface area contributed by atoms with Crippen molar-refractivity contribution < 1.29 is 9.53 Å². The molecule has 0 aromatic heterocycles. The number of ether oxygens (including phenoxy) is 1. The van der Waals surface area contributed by atoms with Crippen LogP contribution in [0.2, 0.25) is 0 Å². The number of hydrazine groups is 1. The van der Waals surface area contributed by atoms with E-state index in [4.69, 9.17) is 10.00 Å². The molecule has 1 amide bonds. The maximum Gasteiger partial charge on any atom is 0.413 e. The summed E-state index contributed by atoms with van der Waals surface area (Å²) in [4.78, 5) is 11.5. The smallest absolute Gasteiger partial charge is 0.410 e. The molecule has 6 heteroatoms. The van der Waals surface area contributed by atoms with Gasteiger partial charge >= 0.3 is 6.09 Å². The van der Waals surface area contributed by atoms with Crippen LogP contribution in [0.1, 0.15) is 0 Å². The Morgan fingerprint density at radius 1 is 1.47 bits per heavy atom. The largest absolute Gasteiger partial charge is 0.413 e. The number of carbonyl (C=O) groups is 1. The number of hydrogen-bond donors (Lipinski definition) is 3. The van der Waals surface area contributed by atoms with Crippen molar-refractivity contribution in [2.24, 2.45) is 5.92 Å². The van der Waals surface area contributed by atoms with E-state index in [1.165, 1.54) is 0 Å². The van der Waals surface area contributed by atoms with Crippen molar-refractivity contribution in [2.45, 2.75) is 6.17 Å². The molecule has 1 aliphatic heterocycles. The van der Waals surface area contributed by atoms with Gasteiger partial charge in [0.25, 0.3) is 0 Å². The molecular weight excluding hydrogens is 220 g/mol. The first-order valence-corrected chi connectivity index (χ1v) is 5.21. The SMILES string of the molecule is N#CC1CNNC1NC(=O)Oc1ccccc1. The molecule has 2 rings (SSSR count). The molecule has 17 heavy (non-hydrogen) atoms. The van der Waals surface area contributed by atoms with Gasteiger partial charge in [0, 0.05) is 6.54 Å². The maximum atomic E-state index is 11.5. The summed E-state index contributed by atoms with van der Waals surface area (Å²) in [7, 11) is 0. The van der Waals surface area contributed by atoms with Crippen molar-refractivity contribution in [3.63, 3.8) is 0 Å². The third-order valence-electron chi connectivity index (χ3n) is 2.37. The van der Waals surface area contributed by atoms with Gasteiger partial charge in [0.15, 0.2) is 0 Å². The van der Waals surface area contributed by atoms with Crippen LogP contribution in [0.5, 0.6) is 5.75 Å². The normalized spacial score (nSPS) is 22.8. The number of rotatable bonds is 2. The first-order valence-electron chi connectivity index (χ1n) is 5.21. The summed E-state index contributed by atoms with van der Waals surface area (Å²) in [6.07, 6.45) is -1.02. The first-order chi connectivity index (χ1) is 8.29. The second-order valence-electron chi connectivity index (χ2n) is 3.59. The van der Waals surface area contributed by atoms with Crippen molar-refractivity contribution in [3.05, 3.63) is 30.3 Å². The Kier molecular flexibility index (Phi) is 3.55. The van der Waals surface area contributed by atoms with Gasteiger partial charge < -0.3 is 10.1 Å². The highest BCUT2D eigenvalue weighted by molar-refractivity contribution is 5.70. The average Bonchev–Trinajstić information content (AvgIpc) is 2.77. The van der Waals surface area contributed by atoms with Gasteiger partial charge in [-0.3, -0.25) is 5.43 Å². The number of hydrogen-bond acceptors (Lipinski definition) is 5. The number of nitrogens with zero attached hydrogens (tertiary/aromatic N) is 1. The Labute approximate surface area is 98.5 Å². The molecule has 6 nitrogen and oxygen atoms in total. The van der Waals surface area contributed by atoms with E-state index >= 15 is 0 Å². The predicted octanol–water partition coefficient (Wildman–Crippen LogP) is 0.349. The minimum atomic E-state index is -0.586. The number of benzene rings is 1. The number of amides is 1. The standard InChI is InChI=1S/C11H12N4O2/c12-6-8-7-13-15-10(8)14-11(16)17-9-4-2-1-3-5-9/h1-5,8,10,13,15H,7H2,(H,14,16). The molecule has 0 radical (unpaired) electrons. The third kappa shape index (κ3) is 2.93. The molecule has 3 N–H and O–H groups in total. The van der Waals surface area contributed by atoms with Crippen LogP contribution in [0.4, 0.5) is 4.79 Å². The zero-order valence-electron chi connectivity index (χ0n) is 9.01. The quantitative estimate of drug-likeness (QED) is 0.685. The number of nitrogens with one attached hydrogen (secondary N) is 3. The summed E-state index contributed by atoms with van der Waals surface area (Å²) in [6.45, 7) is 0.493. The zero-order valence-corrected chi connectivity index (χ0v) is 9.01. The molecule has 1 aromatic carbocycles. The highest BCUT2D eigenvalue weighted by atomic mass is 16.6. The first kappa shape index (κ1) is 11.4. The van der Waals surface area contributed by atoms with Crippen LogP contribution in [0.3, 0.4) is 0 Å². The monoisotopic (exact) mass is 232 g/mol. The van der Waals surface area contributed by atoms with Crippen LogP contribution in [0.15, 0.2) is 30.3 Å². The third-order valence-corrected chi connectivity index (χ3v) is 2.37. The molecule has 2 atom stereocenters. The van der Waals surface area contributed by atoms with E-state index < -0.39 is 12.3 Å². The van der Waals surface area contributed by atoms with Crippen molar-refractivity contribution in [3.8, 4) is 11.8 Å². The molecule has 1 fully saturated rings. The lowest BCUT2D eigenvalue weighted by molar-refractivity contribution is 0.192. The van der Waals surface area contributed by atoms with E-state index in [2.05, 4.69) is 22.2 Å². The summed E-state index contributed by atoms with van der Waals surface area (Å²) >= 11 is 0. The van der Waals surface area contributed by atoms with Gasteiger partial charge in [-0.15, -0.1) is 0 Å². The predicted molar refractivity (Wildman–Crippen MR) is 59.6 cm³/mol. The van der Waals surface area contributed by atoms with Crippen LogP contribution in [0.25, 0.3) is 0 Å². The molecule has 1 heterocycles. The number of para-hydroxylation sites is 1. The van der Waals surface area contributed by atoms with Crippen molar-refractivity contribution in [1.29, 1.82) is 5.26 Å². The Morgan fingerprint density at radius 2 is 2.24 bits per heavy atom. The van der Waals surface area contributed by atoms with E-state index in [-0.39, 0.29) is 5.92 Å². The summed E-state index contributed by atoms with van der Waals surface area (Å²) in [5, 5.41) is 11.4. The minimum absolute atomic E-state index is 0.307. The summed E-state index contributed by atoms with van der Waals surface area (Å²) in [5.74, 6) is 0.155. The summed E-state index contributed by atoms with van der Waals surface area (Å²) in [6, 6.07) is 10.8. The molecule has 2 unspecified atom stereocenters. The second-order valence-corrected chi connectivity index (χ2v) is 3.59. The lowest BCUT2D eigenvalue weighted by atomic mass is 10.1. The van der Waals surface area contributed by atoms with Crippen molar-refractivity contribution in [1.82, 2.24) is 16.2 Å². The second kappa shape index (κ2) is 5.30. The van der Waals surface area contributed by atoms with Gasteiger partial charge in [0.05, 0.1) is 12.0 Å². The van der Waals surface area contributed by atoms with Crippen molar-refractivity contribution >= 4 is 6.09 Å². The van der Waals surface area contributed by atoms with E-state index in [1.54, 1.807) is 24.3 Å². The Morgan fingerprint density at radius 3 is 2.94 bits per heavy atom. The van der Waals surface area contributed by atoms with E-state index in [0.29, 0.717) is 12.3 Å². The Balaban J connectivity index is 1.88. The minimum Gasteiger partial charge on any atom is -0.410 e. The van der Waals surface area contributed by atoms with Crippen LogP contribution >= 0.6 is 0 Å². The van der Waals surface area contributed by atoms with Crippen LogP contribution in [-0.2, 0) is 0 Å². The molecule has 0 aliphatic carbocycles. The van der Waals surface area contributed by atoms with E-state index in [0.717, 1.165) is 0 Å². The molecule has 1 aliphatic rings. The summed E-state index contributed by atoms with van der Waals surface area (Å²) in [5.41, 5.74) is 5.59. The van der Waals surface area contributed by atoms with E-state index in [9.17, 15) is 4.79 Å². The lowest BCUT2D eigenvalue weighted by Crippen LogP contribution is -2.47. The molecule has 0 spiro atoms. The van der Waals surface area contributed by atoms with Crippen LogP contribution < -0.4 is 20.9 Å².